The summed E-state index contributed by atoms with van der Waals surface area (Å²) in [6, 6.07) is 11.8. The molecule has 0 radical (unpaired) electrons. The third-order valence-corrected chi connectivity index (χ3v) is 6.69. The number of amides is 1. The highest BCUT2D eigenvalue weighted by Crippen LogP contribution is 2.25. The van der Waals surface area contributed by atoms with Gasteiger partial charge in [0.2, 0.25) is 10.0 Å². The molecule has 1 amide bonds. The minimum absolute atomic E-state index is 0.0123. The number of nitrogens with one attached hydrogen (secondary N) is 1. The van der Waals surface area contributed by atoms with Crippen LogP contribution in [-0.2, 0) is 16.6 Å². The van der Waals surface area contributed by atoms with Gasteiger partial charge in [0.15, 0.2) is 0 Å². The van der Waals surface area contributed by atoms with E-state index in [-0.39, 0.29) is 15.5 Å². The van der Waals surface area contributed by atoms with Gasteiger partial charge >= 0.3 is 0 Å². The summed E-state index contributed by atoms with van der Waals surface area (Å²) in [5.74, 6) is 0.0598. The Hall–Kier alpha value is -2.35. The lowest BCUT2D eigenvalue weighted by atomic mass is 10.2. The van der Waals surface area contributed by atoms with Gasteiger partial charge in [-0.1, -0.05) is 25.4 Å². The fraction of sp³-hybridized carbons (Fsp3) is 0.286. The van der Waals surface area contributed by atoms with Crippen molar-refractivity contribution in [1.29, 1.82) is 0 Å². The second-order valence-corrected chi connectivity index (χ2v) is 10.1. The van der Waals surface area contributed by atoms with Gasteiger partial charge < -0.3 is 9.88 Å². The molecule has 0 unspecified atom stereocenters. The molecule has 154 valence electrons. The van der Waals surface area contributed by atoms with Gasteiger partial charge in [0.05, 0.1) is 15.5 Å². The summed E-state index contributed by atoms with van der Waals surface area (Å²) in [7, 11) is -0.797. The van der Waals surface area contributed by atoms with Crippen LogP contribution in [0.5, 0.6) is 0 Å². The first-order valence-electron chi connectivity index (χ1n) is 9.22. The molecule has 0 aliphatic heterocycles. The van der Waals surface area contributed by atoms with E-state index < -0.39 is 15.9 Å². The topological polar surface area (TPSA) is 71.4 Å². The van der Waals surface area contributed by atoms with E-state index in [4.69, 9.17) is 11.6 Å². The number of hydrogen-bond donors (Lipinski definition) is 1. The van der Waals surface area contributed by atoms with Crippen LogP contribution in [0.25, 0.3) is 10.9 Å². The van der Waals surface area contributed by atoms with Gasteiger partial charge in [0, 0.05) is 43.4 Å². The van der Waals surface area contributed by atoms with Gasteiger partial charge in [-0.05, 0) is 48.4 Å². The van der Waals surface area contributed by atoms with Gasteiger partial charge in [-0.3, -0.25) is 4.79 Å². The molecule has 2 aromatic carbocycles. The number of aromatic nitrogens is 1. The van der Waals surface area contributed by atoms with Gasteiger partial charge in [-0.2, -0.15) is 0 Å². The van der Waals surface area contributed by atoms with Crippen molar-refractivity contribution in [3.63, 3.8) is 0 Å². The first-order chi connectivity index (χ1) is 13.6. The third kappa shape index (κ3) is 4.47. The van der Waals surface area contributed by atoms with Crippen LogP contribution >= 0.6 is 11.6 Å². The Morgan fingerprint density at radius 2 is 1.86 bits per heavy atom. The van der Waals surface area contributed by atoms with Crippen LogP contribution in [0.1, 0.15) is 24.2 Å². The number of anilines is 1. The Morgan fingerprint density at radius 1 is 1.14 bits per heavy atom. The average molecular weight is 434 g/mol. The molecule has 0 aliphatic rings. The highest BCUT2D eigenvalue weighted by atomic mass is 35.5. The quantitative estimate of drug-likeness (QED) is 0.624. The Balaban J connectivity index is 1.89. The van der Waals surface area contributed by atoms with Crippen LogP contribution in [0, 0.1) is 5.92 Å². The lowest BCUT2D eigenvalue weighted by Crippen LogP contribution is -2.23. The van der Waals surface area contributed by atoms with Gasteiger partial charge in [-0.25, -0.2) is 12.7 Å². The third-order valence-electron chi connectivity index (χ3n) is 4.55. The van der Waals surface area contributed by atoms with Gasteiger partial charge in [0.1, 0.15) is 0 Å². The Bertz CT molecular complexity index is 1170. The smallest absolute Gasteiger partial charge is 0.257 e. The van der Waals surface area contributed by atoms with Crippen molar-refractivity contribution in [2.75, 3.05) is 19.4 Å². The second-order valence-electron chi connectivity index (χ2n) is 7.52. The maximum absolute atomic E-state index is 12.8. The molecule has 29 heavy (non-hydrogen) atoms. The second kappa shape index (κ2) is 8.18. The standard InChI is InChI=1S/C21H24ClN3O3S/c1-14(2)13-25-10-9-15-11-16(5-8-20(15)25)23-21(26)18-12-17(6-7-19(18)22)29(27,28)24(3)4/h5-12,14H,13H2,1-4H3,(H,23,26). The van der Waals surface area contributed by atoms with E-state index in [0.29, 0.717) is 11.6 Å². The zero-order chi connectivity index (χ0) is 21.3. The molecule has 1 aromatic heterocycles. The number of rotatable bonds is 6. The molecular weight excluding hydrogens is 410 g/mol. The van der Waals surface area contributed by atoms with Crippen LogP contribution in [0.4, 0.5) is 5.69 Å². The highest BCUT2D eigenvalue weighted by Gasteiger charge is 2.21. The first-order valence-corrected chi connectivity index (χ1v) is 11.0. The fourth-order valence-electron chi connectivity index (χ4n) is 3.08. The van der Waals surface area contributed by atoms with Crippen molar-refractivity contribution in [3.8, 4) is 0 Å². The normalized spacial score (nSPS) is 12.1. The largest absolute Gasteiger partial charge is 0.347 e. The molecule has 8 heteroatoms. The van der Waals surface area contributed by atoms with Gasteiger partial charge in [0.25, 0.3) is 5.91 Å². The van der Waals surface area contributed by atoms with Crippen molar-refractivity contribution in [2.24, 2.45) is 5.92 Å². The van der Waals surface area contributed by atoms with Gasteiger partial charge in [-0.15, -0.1) is 0 Å². The number of carbonyl (C=O) groups is 1. The zero-order valence-electron chi connectivity index (χ0n) is 16.8. The SMILES string of the molecule is CC(C)Cn1ccc2cc(NC(=O)c3cc(S(=O)(=O)N(C)C)ccc3Cl)ccc21. The van der Waals surface area contributed by atoms with Crippen molar-refractivity contribution < 1.29 is 13.2 Å². The molecule has 3 rings (SSSR count). The molecule has 6 nitrogen and oxygen atoms in total. The number of benzene rings is 2. The number of fused-ring (bicyclic) bond motifs is 1. The molecule has 0 bridgehead atoms. The minimum atomic E-state index is -3.67. The van der Waals surface area contributed by atoms with Crippen LogP contribution < -0.4 is 5.32 Å². The van der Waals surface area contributed by atoms with Crippen LogP contribution in [-0.4, -0.2) is 37.3 Å². The molecule has 0 aliphatic carbocycles. The summed E-state index contributed by atoms with van der Waals surface area (Å²) in [5.41, 5.74) is 1.81. The predicted octanol–water partition coefficient (Wildman–Crippen LogP) is 4.45. The van der Waals surface area contributed by atoms with E-state index in [1.54, 1.807) is 0 Å². The lowest BCUT2D eigenvalue weighted by Gasteiger charge is -2.13. The van der Waals surface area contributed by atoms with E-state index in [1.807, 2.05) is 30.5 Å². The summed E-state index contributed by atoms with van der Waals surface area (Å²) in [6.07, 6.45) is 2.03. The molecule has 1 N–H and O–H groups in total. The minimum Gasteiger partial charge on any atom is -0.347 e. The van der Waals surface area contributed by atoms with Crippen molar-refractivity contribution in [3.05, 3.63) is 59.2 Å². The maximum Gasteiger partial charge on any atom is 0.257 e. The molecule has 0 fully saturated rings. The van der Waals surface area contributed by atoms with Crippen LogP contribution in [0.3, 0.4) is 0 Å². The van der Waals surface area contributed by atoms with Crippen molar-refractivity contribution >= 4 is 44.1 Å². The molecule has 1 heterocycles. The molecule has 3 aromatic rings. The van der Waals surface area contributed by atoms with Crippen molar-refractivity contribution in [2.45, 2.75) is 25.3 Å². The molecular formula is C21H24ClN3O3S. The summed E-state index contributed by atoms with van der Waals surface area (Å²) in [5, 5.41) is 4.01. The van der Waals surface area contributed by atoms with E-state index in [1.165, 1.54) is 32.3 Å². The summed E-state index contributed by atoms with van der Waals surface area (Å²) < 4.78 is 28.0. The van der Waals surface area contributed by atoms with E-state index in [0.717, 1.165) is 21.8 Å². The lowest BCUT2D eigenvalue weighted by molar-refractivity contribution is 0.102. The zero-order valence-corrected chi connectivity index (χ0v) is 18.4. The molecule has 0 saturated heterocycles. The first kappa shape index (κ1) is 21.4. The Morgan fingerprint density at radius 3 is 2.52 bits per heavy atom. The van der Waals surface area contributed by atoms with Crippen LogP contribution in [0.15, 0.2) is 53.6 Å². The van der Waals surface area contributed by atoms with E-state index >= 15 is 0 Å². The number of sulfonamides is 1. The fourth-order valence-corrected chi connectivity index (χ4v) is 4.21. The summed E-state index contributed by atoms with van der Waals surface area (Å²) in [6.45, 7) is 5.24. The predicted molar refractivity (Wildman–Crippen MR) is 117 cm³/mol. The van der Waals surface area contributed by atoms with E-state index in [2.05, 4.69) is 23.7 Å². The maximum atomic E-state index is 12.8. The summed E-state index contributed by atoms with van der Waals surface area (Å²) in [4.78, 5) is 12.8. The number of halogens is 1. The molecule has 0 spiro atoms. The van der Waals surface area contributed by atoms with Crippen LogP contribution in [0.2, 0.25) is 5.02 Å². The molecule has 0 saturated carbocycles. The molecule has 0 atom stereocenters. The number of nitrogens with zero attached hydrogens (tertiary/aromatic N) is 2. The monoisotopic (exact) mass is 433 g/mol. The highest BCUT2D eigenvalue weighted by molar-refractivity contribution is 7.89. The van der Waals surface area contributed by atoms with E-state index in [9.17, 15) is 13.2 Å². The Kier molecular flexibility index (Phi) is 6.03. The number of hydrogen-bond acceptors (Lipinski definition) is 3. The average Bonchev–Trinajstić information content (AvgIpc) is 3.03. The van der Waals surface area contributed by atoms with Crippen molar-refractivity contribution in [1.82, 2.24) is 8.87 Å². The summed E-state index contributed by atoms with van der Waals surface area (Å²) >= 11 is 6.16. The Labute approximate surface area is 176 Å². The number of carbonyl (C=O) groups excluding carboxylic acids is 1.